The van der Waals surface area contributed by atoms with Crippen molar-refractivity contribution in [2.75, 3.05) is 13.1 Å². The number of benzene rings is 1. The lowest BCUT2D eigenvalue weighted by atomic mass is 10.0. The number of fused-ring (bicyclic) bond motifs is 1. The zero-order valence-electron chi connectivity index (χ0n) is 16.3. The van der Waals surface area contributed by atoms with Gasteiger partial charge in [0.15, 0.2) is 10.8 Å². The Bertz CT molecular complexity index is 910. The fraction of sp³-hybridized carbons (Fsp3) is 0.550. The largest absolute Gasteiger partial charge is 0.486 e. The monoisotopic (exact) mass is 385 g/mol. The maximum absolute atomic E-state index is 6.13. The van der Waals surface area contributed by atoms with Gasteiger partial charge in [0.2, 0.25) is 4.96 Å². The second-order valence-electron chi connectivity index (χ2n) is 7.63. The molecule has 1 aliphatic rings. The highest BCUT2D eigenvalue weighted by Gasteiger charge is 2.17. The molecule has 1 aliphatic heterocycles. The Labute approximate surface area is 164 Å². The van der Waals surface area contributed by atoms with Crippen LogP contribution in [-0.4, -0.2) is 37.8 Å². The number of hydrogen-bond acceptors (Lipinski definition) is 6. The van der Waals surface area contributed by atoms with Crippen molar-refractivity contribution in [1.82, 2.24) is 24.7 Å². The van der Waals surface area contributed by atoms with Gasteiger partial charge in [-0.2, -0.15) is 9.61 Å². The van der Waals surface area contributed by atoms with Gasteiger partial charge in [0.1, 0.15) is 12.4 Å². The maximum atomic E-state index is 6.13. The Hall–Kier alpha value is -1.99. The average Bonchev–Trinajstić information content (AvgIpc) is 3.22. The molecule has 0 radical (unpaired) electrons. The maximum Gasteiger partial charge on any atom is 0.234 e. The lowest BCUT2D eigenvalue weighted by Crippen LogP contribution is -2.30. The molecule has 27 heavy (non-hydrogen) atoms. The van der Waals surface area contributed by atoms with E-state index in [-0.39, 0.29) is 0 Å². The molecule has 2 aromatic heterocycles. The Morgan fingerprint density at radius 2 is 1.96 bits per heavy atom. The fourth-order valence-electron chi connectivity index (χ4n) is 3.55. The van der Waals surface area contributed by atoms with Gasteiger partial charge in [0, 0.05) is 0 Å². The predicted molar refractivity (Wildman–Crippen MR) is 107 cm³/mol. The van der Waals surface area contributed by atoms with Crippen LogP contribution in [0.1, 0.15) is 61.0 Å². The minimum atomic E-state index is 0.426. The smallest absolute Gasteiger partial charge is 0.234 e. The summed E-state index contributed by atoms with van der Waals surface area (Å²) < 4.78 is 8.02. The first kappa shape index (κ1) is 18.4. The Morgan fingerprint density at radius 3 is 2.74 bits per heavy atom. The zero-order chi connectivity index (χ0) is 18.8. The Kier molecular flexibility index (Phi) is 5.41. The summed E-state index contributed by atoms with van der Waals surface area (Å²) in [5.41, 5.74) is 2.44. The molecule has 0 unspecified atom stereocenters. The van der Waals surface area contributed by atoms with Gasteiger partial charge < -0.3 is 4.74 Å². The molecule has 144 valence electrons. The molecule has 1 aromatic carbocycles. The molecule has 1 fully saturated rings. The molecule has 0 saturated carbocycles. The van der Waals surface area contributed by atoms with Gasteiger partial charge in [-0.3, -0.25) is 4.90 Å². The van der Waals surface area contributed by atoms with E-state index in [0.717, 1.165) is 41.2 Å². The number of rotatable bonds is 6. The first-order chi connectivity index (χ1) is 13.1. The van der Waals surface area contributed by atoms with Crippen molar-refractivity contribution in [3.63, 3.8) is 0 Å². The summed E-state index contributed by atoms with van der Waals surface area (Å²) in [6, 6.07) is 6.40. The highest BCUT2D eigenvalue weighted by Crippen LogP contribution is 2.28. The lowest BCUT2D eigenvalue weighted by molar-refractivity contribution is 0.214. The van der Waals surface area contributed by atoms with Crippen LogP contribution in [-0.2, 0) is 13.2 Å². The van der Waals surface area contributed by atoms with E-state index in [0.29, 0.717) is 12.5 Å². The summed E-state index contributed by atoms with van der Waals surface area (Å²) in [6.07, 6.45) is 3.88. The van der Waals surface area contributed by atoms with Gasteiger partial charge in [-0.15, -0.1) is 10.2 Å². The number of piperidine rings is 1. The molecule has 0 atom stereocenters. The van der Waals surface area contributed by atoms with Crippen LogP contribution in [0, 0.1) is 6.92 Å². The van der Waals surface area contributed by atoms with Crippen molar-refractivity contribution in [3.05, 3.63) is 40.2 Å². The van der Waals surface area contributed by atoms with E-state index in [1.807, 2.05) is 4.52 Å². The number of aryl methyl sites for hydroxylation is 1. The molecule has 0 aliphatic carbocycles. The lowest BCUT2D eigenvalue weighted by Gasteiger charge is -2.25. The molecule has 6 nitrogen and oxygen atoms in total. The van der Waals surface area contributed by atoms with Gasteiger partial charge >= 0.3 is 0 Å². The minimum absolute atomic E-state index is 0.426. The summed E-state index contributed by atoms with van der Waals surface area (Å²) >= 11 is 1.55. The Morgan fingerprint density at radius 1 is 1.15 bits per heavy atom. The predicted octanol–water partition coefficient (Wildman–Crippen LogP) is 4.18. The molecule has 3 aromatic rings. The molecular formula is C20H27N5OS. The van der Waals surface area contributed by atoms with Crippen molar-refractivity contribution in [2.24, 2.45) is 0 Å². The van der Waals surface area contributed by atoms with Crippen LogP contribution < -0.4 is 4.74 Å². The highest BCUT2D eigenvalue weighted by atomic mass is 32.1. The minimum Gasteiger partial charge on any atom is -0.486 e. The third-order valence-corrected chi connectivity index (χ3v) is 5.93. The second-order valence-corrected chi connectivity index (χ2v) is 8.67. The molecule has 4 rings (SSSR count). The van der Waals surface area contributed by atoms with Crippen molar-refractivity contribution >= 4 is 16.3 Å². The van der Waals surface area contributed by atoms with Gasteiger partial charge in [0.05, 0.1) is 6.54 Å². The summed E-state index contributed by atoms with van der Waals surface area (Å²) in [4.78, 5) is 3.28. The van der Waals surface area contributed by atoms with Crippen LogP contribution >= 0.6 is 11.3 Å². The molecule has 1 saturated heterocycles. The van der Waals surface area contributed by atoms with Crippen LogP contribution in [0.25, 0.3) is 4.96 Å². The summed E-state index contributed by atoms with van der Waals surface area (Å²) in [6.45, 7) is 10.0. The molecule has 0 bridgehead atoms. The Balaban J connectivity index is 1.48. The van der Waals surface area contributed by atoms with Crippen molar-refractivity contribution in [3.8, 4) is 5.75 Å². The second kappa shape index (κ2) is 7.94. The molecule has 3 heterocycles. The summed E-state index contributed by atoms with van der Waals surface area (Å²) in [7, 11) is 0. The first-order valence-corrected chi connectivity index (χ1v) is 10.6. The standard InChI is InChI=1S/C20H27N5OS/c1-14(2)16-8-7-15(3)11-17(16)26-13-19-23-25-18(21-22-20(25)27-19)12-24-9-5-4-6-10-24/h7-8,11,14H,4-6,9-10,12-13H2,1-3H3. The fourth-order valence-corrected chi connectivity index (χ4v) is 4.32. The van der Waals surface area contributed by atoms with E-state index in [2.05, 4.69) is 54.1 Å². The first-order valence-electron chi connectivity index (χ1n) is 9.76. The summed E-state index contributed by atoms with van der Waals surface area (Å²) in [5.74, 6) is 2.30. The van der Waals surface area contributed by atoms with Gasteiger partial charge in [-0.1, -0.05) is 43.7 Å². The normalized spacial score (nSPS) is 15.7. The van der Waals surface area contributed by atoms with Gasteiger partial charge in [0.25, 0.3) is 0 Å². The molecule has 0 amide bonds. The van der Waals surface area contributed by atoms with Crippen molar-refractivity contribution < 1.29 is 4.74 Å². The number of hydrogen-bond donors (Lipinski definition) is 0. The molecule has 0 N–H and O–H groups in total. The number of nitrogens with zero attached hydrogens (tertiary/aromatic N) is 5. The van der Waals surface area contributed by atoms with Gasteiger partial charge in [-0.25, -0.2) is 0 Å². The average molecular weight is 386 g/mol. The quantitative estimate of drug-likeness (QED) is 0.637. The van der Waals surface area contributed by atoms with Crippen LogP contribution in [0.15, 0.2) is 18.2 Å². The van der Waals surface area contributed by atoms with Crippen LogP contribution in [0.4, 0.5) is 0 Å². The van der Waals surface area contributed by atoms with E-state index in [4.69, 9.17) is 9.84 Å². The van der Waals surface area contributed by atoms with Crippen LogP contribution in [0.2, 0.25) is 0 Å². The highest BCUT2D eigenvalue weighted by molar-refractivity contribution is 7.16. The van der Waals surface area contributed by atoms with E-state index in [9.17, 15) is 0 Å². The van der Waals surface area contributed by atoms with E-state index >= 15 is 0 Å². The number of likely N-dealkylation sites (tertiary alicyclic amines) is 1. The van der Waals surface area contributed by atoms with Gasteiger partial charge in [-0.05, 0) is 56.0 Å². The third-order valence-electron chi connectivity index (χ3n) is 5.05. The van der Waals surface area contributed by atoms with E-state index in [1.54, 1.807) is 11.3 Å². The molecular weight excluding hydrogens is 358 g/mol. The van der Waals surface area contributed by atoms with Crippen LogP contribution in [0.5, 0.6) is 5.75 Å². The number of ether oxygens (including phenoxy) is 1. The topological polar surface area (TPSA) is 55.6 Å². The van der Waals surface area contributed by atoms with E-state index < -0.39 is 0 Å². The molecule has 0 spiro atoms. The SMILES string of the molecule is Cc1ccc(C(C)C)c(OCc2nn3c(CN4CCCCC4)nnc3s2)c1. The zero-order valence-corrected chi connectivity index (χ0v) is 17.1. The molecule has 7 heteroatoms. The van der Waals surface area contributed by atoms with E-state index in [1.165, 1.54) is 30.4 Å². The van der Waals surface area contributed by atoms with Crippen LogP contribution in [0.3, 0.4) is 0 Å². The third kappa shape index (κ3) is 4.14. The summed E-state index contributed by atoms with van der Waals surface area (Å²) in [5, 5.41) is 14.3. The number of aromatic nitrogens is 4. The van der Waals surface area contributed by atoms with Crippen molar-refractivity contribution in [1.29, 1.82) is 0 Å². The van der Waals surface area contributed by atoms with Crippen molar-refractivity contribution in [2.45, 2.75) is 59.1 Å².